The lowest BCUT2D eigenvalue weighted by atomic mass is 9.91. The van der Waals surface area contributed by atoms with Gasteiger partial charge in [-0.3, -0.25) is 4.79 Å². The van der Waals surface area contributed by atoms with Crippen molar-refractivity contribution in [3.8, 4) is 0 Å². The highest BCUT2D eigenvalue weighted by Crippen LogP contribution is 2.26. The van der Waals surface area contributed by atoms with Crippen molar-refractivity contribution in [1.82, 2.24) is 4.90 Å². The Hall–Kier alpha value is -0.0500. The highest BCUT2D eigenvalue weighted by molar-refractivity contribution is 9.09. The SMILES string of the molecule is CCCC(CCC)C(=O)N(CCBr)C1CCCCC1. The third-order valence-electron chi connectivity index (χ3n) is 4.25. The van der Waals surface area contributed by atoms with Gasteiger partial charge >= 0.3 is 0 Å². The van der Waals surface area contributed by atoms with Gasteiger partial charge in [-0.2, -0.15) is 0 Å². The van der Waals surface area contributed by atoms with Crippen molar-refractivity contribution in [3.05, 3.63) is 0 Å². The summed E-state index contributed by atoms with van der Waals surface area (Å²) in [6, 6.07) is 0.509. The maximum atomic E-state index is 12.8. The van der Waals surface area contributed by atoms with E-state index >= 15 is 0 Å². The van der Waals surface area contributed by atoms with Crippen LogP contribution in [0.1, 0.15) is 71.6 Å². The van der Waals surface area contributed by atoms with E-state index in [0.717, 1.165) is 37.6 Å². The molecule has 0 atom stereocenters. The molecule has 0 aliphatic heterocycles. The number of nitrogens with zero attached hydrogens (tertiary/aromatic N) is 1. The van der Waals surface area contributed by atoms with Gasteiger partial charge < -0.3 is 4.90 Å². The molecule has 1 saturated carbocycles. The lowest BCUT2D eigenvalue weighted by Gasteiger charge is -2.36. The third kappa shape index (κ3) is 5.45. The van der Waals surface area contributed by atoms with Gasteiger partial charge in [0.25, 0.3) is 0 Å². The van der Waals surface area contributed by atoms with Crippen LogP contribution in [0.25, 0.3) is 0 Å². The fourth-order valence-corrected chi connectivity index (χ4v) is 3.66. The number of carbonyl (C=O) groups is 1. The average molecular weight is 332 g/mol. The quantitative estimate of drug-likeness (QED) is 0.587. The lowest BCUT2D eigenvalue weighted by Crippen LogP contribution is -2.45. The summed E-state index contributed by atoms with van der Waals surface area (Å²) in [7, 11) is 0. The Bertz CT molecular complexity index is 245. The first-order valence-electron chi connectivity index (χ1n) is 8.11. The number of halogens is 1. The lowest BCUT2D eigenvalue weighted by molar-refractivity contribution is -0.138. The van der Waals surface area contributed by atoms with Gasteiger partial charge in [0.15, 0.2) is 0 Å². The van der Waals surface area contributed by atoms with Crippen LogP contribution in [0.4, 0.5) is 0 Å². The molecule has 0 aromatic carbocycles. The minimum atomic E-state index is 0.260. The summed E-state index contributed by atoms with van der Waals surface area (Å²) in [6.07, 6.45) is 10.7. The van der Waals surface area contributed by atoms with Crippen molar-refractivity contribution in [3.63, 3.8) is 0 Å². The summed E-state index contributed by atoms with van der Waals surface area (Å²) in [6.45, 7) is 5.25. The fraction of sp³-hybridized carbons (Fsp3) is 0.938. The van der Waals surface area contributed by atoms with Crippen LogP contribution in [0.5, 0.6) is 0 Å². The molecule has 0 bridgehead atoms. The molecule has 0 spiro atoms. The zero-order chi connectivity index (χ0) is 14.1. The molecule has 0 aromatic heterocycles. The van der Waals surface area contributed by atoms with Crippen LogP contribution in [0.2, 0.25) is 0 Å². The molecule has 0 saturated heterocycles. The highest BCUT2D eigenvalue weighted by atomic mass is 79.9. The third-order valence-corrected chi connectivity index (χ3v) is 4.60. The molecule has 19 heavy (non-hydrogen) atoms. The van der Waals surface area contributed by atoms with Crippen LogP contribution in [0.15, 0.2) is 0 Å². The Morgan fingerprint density at radius 3 is 2.21 bits per heavy atom. The van der Waals surface area contributed by atoms with E-state index in [2.05, 4.69) is 34.7 Å². The van der Waals surface area contributed by atoms with E-state index in [1.165, 1.54) is 32.1 Å². The summed E-state index contributed by atoms with van der Waals surface area (Å²) >= 11 is 3.52. The van der Waals surface area contributed by atoms with Crippen LogP contribution < -0.4 is 0 Å². The molecule has 0 unspecified atom stereocenters. The Morgan fingerprint density at radius 2 is 1.74 bits per heavy atom. The first kappa shape index (κ1) is 17.0. The van der Waals surface area contributed by atoms with Gasteiger partial charge in [0.05, 0.1) is 0 Å². The summed E-state index contributed by atoms with van der Waals surface area (Å²) in [4.78, 5) is 15.0. The van der Waals surface area contributed by atoms with Crippen LogP contribution in [0, 0.1) is 5.92 Å². The first-order chi connectivity index (χ1) is 9.24. The van der Waals surface area contributed by atoms with Crippen LogP contribution in [-0.4, -0.2) is 28.7 Å². The molecule has 1 aliphatic carbocycles. The zero-order valence-electron chi connectivity index (χ0n) is 12.7. The van der Waals surface area contributed by atoms with Gasteiger partial charge in [-0.25, -0.2) is 0 Å². The molecule has 1 rings (SSSR count). The molecule has 0 radical (unpaired) electrons. The van der Waals surface area contributed by atoms with Gasteiger partial charge in [0, 0.05) is 23.8 Å². The predicted octanol–water partition coefficient (Wildman–Crippen LogP) is 4.76. The van der Waals surface area contributed by atoms with Gasteiger partial charge in [0.1, 0.15) is 0 Å². The number of amides is 1. The Morgan fingerprint density at radius 1 is 1.16 bits per heavy atom. The van der Waals surface area contributed by atoms with Gasteiger partial charge in [0.2, 0.25) is 5.91 Å². The van der Waals surface area contributed by atoms with Gasteiger partial charge in [-0.1, -0.05) is 61.9 Å². The monoisotopic (exact) mass is 331 g/mol. The molecular weight excluding hydrogens is 302 g/mol. The minimum Gasteiger partial charge on any atom is -0.339 e. The van der Waals surface area contributed by atoms with Crippen molar-refractivity contribution >= 4 is 21.8 Å². The van der Waals surface area contributed by atoms with E-state index in [4.69, 9.17) is 0 Å². The molecule has 1 aliphatic rings. The van der Waals surface area contributed by atoms with E-state index in [-0.39, 0.29) is 5.92 Å². The van der Waals surface area contributed by atoms with Crippen molar-refractivity contribution in [2.45, 2.75) is 77.7 Å². The molecule has 1 amide bonds. The fourth-order valence-electron chi connectivity index (χ4n) is 3.28. The normalized spacial score (nSPS) is 16.8. The standard InChI is InChI=1S/C16H30BrNO/c1-3-8-14(9-4-2)16(19)18(13-12-17)15-10-6-5-7-11-15/h14-15H,3-13H2,1-2H3. The molecule has 0 heterocycles. The Labute approximate surface area is 127 Å². The zero-order valence-corrected chi connectivity index (χ0v) is 14.3. The van der Waals surface area contributed by atoms with Crippen molar-refractivity contribution < 1.29 is 4.79 Å². The average Bonchev–Trinajstić information content (AvgIpc) is 2.45. The molecule has 0 aromatic rings. The van der Waals surface area contributed by atoms with Crippen LogP contribution in [-0.2, 0) is 4.79 Å². The number of alkyl halides is 1. The summed E-state index contributed by atoms with van der Waals surface area (Å²) < 4.78 is 0. The maximum absolute atomic E-state index is 12.8. The van der Waals surface area contributed by atoms with Crippen molar-refractivity contribution in [2.75, 3.05) is 11.9 Å². The van der Waals surface area contributed by atoms with E-state index < -0.39 is 0 Å². The highest BCUT2D eigenvalue weighted by Gasteiger charge is 2.29. The largest absolute Gasteiger partial charge is 0.339 e. The number of carbonyl (C=O) groups excluding carboxylic acids is 1. The maximum Gasteiger partial charge on any atom is 0.225 e. The smallest absolute Gasteiger partial charge is 0.225 e. The summed E-state index contributed by atoms with van der Waals surface area (Å²) in [5.74, 6) is 0.686. The number of hydrogen-bond donors (Lipinski definition) is 0. The van der Waals surface area contributed by atoms with Gasteiger partial charge in [-0.15, -0.1) is 0 Å². The Kier molecular flexibility index (Phi) is 8.76. The molecular formula is C16H30BrNO. The Balaban J connectivity index is 2.68. The molecule has 3 heteroatoms. The molecule has 112 valence electrons. The summed E-state index contributed by atoms with van der Waals surface area (Å²) in [5.41, 5.74) is 0. The van der Waals surface area contributed by atoms with Crippen molar-refractivity contribution in [1.29, 1.82) is 0 Å². The molecule has 0 N–H and O–H groups in total. The van der Waals surface area contributed by atoms with E-state index in [9.17, 15) is 4.79 Å². The second-order valence-corrected chi connectivity index (χ2v) is 6.58. The van der Waals surface area contributed by atoms with E-state index in [1.807, 2.05) is 0 Å². The van der Waals surface area contributed by atoms with E-state index in [0.29, 0.717) is 11.9 Å². The van der Waals surface area contributed by atoms with Crippen LogP contribution >= 0.6 is 15.9 Å². The second-order valence-electron chi connectivity index (χ2n) is 5.79. The summed E-state index contributed by atoms with van der Waals surface area (Å²) in [5, 5.41) is 0.903. The number of hydrogen-bond acceptors (Lipinski definition) is 1. The molecule has 2 nitrogen and oxygen atoms in total. The second kappa shape index (κ2) is 9.79. The predicted molar refractivity (Wildman–Crippen MR) is 85.7 cm³/mol. The van der Waals surface area contributed by atoms with Crippen LogP contribution in [0.3, 0.4) is 0 Å². The molecule has 1 fully saturated rings. The van der Waals surface area contributed by atoms with E-state index in [1.54, 1.807) is 0 Å². The minimum absolute atomic E-state index is 0.260. The topological polar surface area (TPSA) is 20.3 Å². The van der Waals surface area contributed by atoms with Crippen molar-refractivity contribution in [2.24, 2.45) is 5.92 Å². The first-order valence-corrected chi connectivity index (χ1v) is 9.23. The number of rotatable bonds is 8. The van der Waals surface area contributed by atoms with Gasteiger partial charge in [-0.05, 0) is 25.7 Å².